The van der Waals surface area contributed by atoms with Crippen LogP contribution in [0.1, 0.15) is 54.5 Å². The average molecular weight is 579 g/mol. The van der Waals surface area contributed by atoms with Gasteiger partial charge in [0.15, 0.2) is 6.79 Å². The van der Waals surface area contributed by atoms with Gasteiger partial charge >= 0.3 is 12.1 Å². The van der Waals surface area contributed by atoms with Gasteiger partial charge in [-0.3, -0.25) is 10.1 Å². The van der Waals surface area contributed by atoms with Gasteiger partial charge in [0.1, 0.15) is 18.4 Å². The summed E-state index contributed by atoms with van der Waals surface area (Å²) >= 11 is 0. The van der Waals surface area contributed by atoms with Crippen LogP contribution in [0.15, 0.2) is 54.6 Å². The van der Waals surface area contributed by atoms with Crippen molar-refractivity contribution in [2.75, 3.05) is 13.9 Å². The fourth-order valence-electron chi connectivity index (χ4n) is 5.52. The standard InChI is InChI=1S/C31H34N2O9/c1-31(2,3)27(24-13-20(15-34)26(42-17-40-4)14-25(24)33(38)39)28(29(35)36)32-30(37)41-16-19-9-7-11-22-21-10-6-5-8-18(21)12-23(19)22/h5-11,13-14,27-28,34H,12,15-17H2,1-4H3,(H,32,37)(H,35,36). The minimum atomic E-state index is -1.60. The number of carbonyl (C=O) groups is 2. The summed E-state index contributed by atoms with van der Waals surface area (Å²) in [5.74, 6) is -2.47. The number of amides is 1. The summed E-state index contributed by atoms with van der Waals surface area (Å²) in [4.78, 5) is 37.1. The third-order valence-electron chi connectivity index (χ3n) is 7.36. The van der Waals surface area contributed by atoms with Gasteiger partial charge in [-0.25, -0.2) is 9.59 Å². The van der Waals surface area contributed by atoms with Crippen LogP contribution in [0.25, 0.3) is 11.1 Å². The molecule has 11 nitrogen and oxygen atoms in total. The van der Waals surface area contributed by atoms with Crippen molar-refractivity contribution in [3.63, 3.8) is 0 Å². The molecule has 222 valence electrons. The molecule has 11 heteroatoms. The van der Waals surface area contributed by atoms with Crippen LogP contribution in [0.2, 0.25) is 0 Å². The van der Waals surface area contributed by atoms with Crippen LogP contribution in [-0.4, -0.2) is 47.1 Å². The Bertz CT molecular complexity index is 1500. The first kappa shape index (κ1) is 30.5. The van der Waals surface area contributed by atoms with Gasteiger partial charge in [-0.1, -0.05) is 63.2 Å². The zero-order valence-corrected chi connectivity index (χ0v) is 23.9. The SMILES string of the molecule is COCOc1cc([N+](=O)[O-])c(C(C(NC(=O)OCc2cccc3c2Cc2ccccc2-3)C(=O)O)C(C)(C)C)cc1CO. The lowest BCUT2D eigenvalue weighted by Gasteiger charge is -2.35. The highest BCUT2D eigenvalue weighted by Gasteiger charge is 2.43. The highest BCUT2D eigenvalue weighted by molar-refractivity contribution is 5.82. The maximum atomic E-state index is 13.0. The predicted molar refractivity (Wildman–Crippen MR) is 153 cm³/mol. The molecular weight excluding hydrogens is 544 g/mol. The lowest BCUT2D eigenvalue weighted by atomic mass is 9.71. The largest absolute Gasteiger partial charge is 0.480 e. The van der Waals surface area contributed by atoms with E-state index in [1.54, 1.807) is 20.8 Å². The maximum Gasteiger partial charge on any atom is 0.408 e. The molecule has 0 bridgehead atoms. The smallest absolute Gasteiger partial charge is 0.408 e. The second-order valence-corrected chi connectivity index (χ2v) is 11.1. The van der Waals surface area contributed by atoms with E-state index in [1.165, 1.54) is 18.7 Å². The summed E-state index contributed by atoms with van der Waals surface area (Å²) in [6, 6.07) is 14.7. The van der Waals surface area contributed by atoms with E-state index in [-0.39, 0.29) is 30.3 Å². The van der Waals surface area contributed by atoms with Crippen LogP contribution >= 0.6 is 0 Å². The van der Waals surface area contributed by atoms with Crippen LogP contribution in [0.5, 0.6) is 5.75 Å². The van der Waals surface area contributed by atoms with Crippen molar-refractivity contribution in [2.24, 2.45) is 5.41 Å². The number of nitrogens with zero attached hydrogens (tertiary/aromatic N) is 1. The monoisotopic (exact) mass is 578 g/mol. The summed E-state index contributed by atoms with van der Waals surface area (Å²) in [6.07, 6.45) is -0.285. The van der Waals surface area contributed by atoms with E-state index in [2.05, 4.69) is 11.4 Å². The van der Waals surface area contributed by atoms with E-state index in [9.17, 15) is 29.9 Å². The first-order chi connectivity index (χ1) is 20.0. The lowest BCUT2D eigenvalue weighted by Crippen LogP contribution is -2.49. The number of nitro groups is 1. The molecule has 0 spiro atoms. The minimum Gasteiger partial charge on any atom is -0.480 e. The quantitative estimate of drug-likeness (QED) is 0.124. The number of aliphatic hydroxyl groups excluding tert-OH is 1. The highest BCUT2D eigenvalue weighted by atomic mass is 16.7. The van der Waals surface area contributed by atoms with Crippen molar-refractivity contribution in [3.8, 4) is 16.9 Å². The molecular formula is C31H34N2O9. The van der Waals surface area contributed by atoms with E-state index in [0.717, 1.165) is 28.3 Å². The van der Waals surface area contributed by atoms with Crippen LogP contribution in [0.4, 0.5) is 10.5 Å². The van der Waals surface area contributed by atoms with Gasteiger partial charge in [-0.05, 0) is 45.7 Å². The number of carboxylic acid groups (broad SMARTS) is 1. The zero-order valence-electron chi connectivity index (χ0n) is 23.9. The van der Waals surface area contributed by atoms with Crippen molar-refractivity contribution in [1.82, 2.24) is 5.32 Å². The molecule has 0 aliphatic heterocycles. The Kier molecular flexibility index (Phi) is 9.13. The average Bonchev–Trinajstić information content (AvgIpc) is 3.33. The van der Waals surface area contributed by atoms with Crippen molar-refractivity contribution in [3.05, 3.63) is 92.5 Å². The van der Waals surface area contributed by atoms with E-state index in [1.807, 2.05) is 36.4 Å². The van der Waals surface area contributed by atoms with Gasteiger partial charge in [-0.15, -0.1) is 0 Å². The zero-order chi connectivity index (χ0) is 30.6. The Morgan fingerprint density at radius 1 is 1.07 bits per heavy atom. The topological polar surface area (TPSA) is 157 Å². The Balaban J connectivity index is 1.62. The number of carbonyl (C=O) groups excluding carboxylic acids is 1. The third kappa shape index (κ3) is 6.37. The van der Waals surface area contributed by atoms with Gasteiger partial charge in [0.25, 0.3) is 5.69 Å². The second-order valence-electron chi connectivity index (χ2n) is 11.1. The molecule has 3 aromatic carbocycles. The number of nitro benzene ring substituents is 1. The lowest BCUT2D eigenvalue weighted by molar-refractivity contribution is -0.386. The van der Waals surface area contributed by atoms with Gasteiger partial charge in [0.05, 0.1) is 17.6 Å². The molecule has 0 fully saturated rings. The molecule has 3 N–H and O–H groups in total. The van der Waals surface area contributed by atoms with E-state index >= 15 is 0 Å². The molecule has 0 aromatic heterocycles. The molecule has 2 atom stereocenters. The van der Waals surface area contributed by atoms with Gasteiger partial charge in [-0.2, -0.15) is 0 Å². The number of hydrogen-bond acceptors (Lipinski definition) is 8. The Labute approximate surface area is 243 Å². The first-order valence-corrected chi connectivity index (χ1v) is 13.3. The Morgan fingerprint density at radius 3 is 2.43 bits per heavy atom. The highest BCUT2D eigenvalue weighted by Crippen LogP contribution is 2.44. The first-order valence-electron chi connectivity index (χ1n) is 13.3. The van der Waals surface area contributed by atoms with Gasteiger partial charge < -0.3 is 29.7 Å². The van der Waals surface area contributed by atoms with E-state index in [0.29, 0.717) is 6.42 Å². The van der Waals surface area contributed by atoms with Crippen LogP contribution in [0.3, 0.4) is 0 Å². The van der Waals surface area contributed by atoms with Gasteiger partial charge in [0, 0.05) is 24.2 Å². The molecule has 4 rings (SSSR count). The molecule has 0 radical (unpaired) electrons. The summed E-state index contributed by atoms with van der Waals surface area (Å²) in [5.41, 5.74) is 4.11. The summed E-state index contributed by atoms with van der Waals surface area (Å²) < 4.78 is 15.8. The molecule has 0 heterocycles. The number of nitrogens with one attached hydrogen (secondary N) is 1. The molecule has 3 aromatic rings. The number of rotatable bonds is 11. The van der Waals surface area contributed by atoms with Crippen LogP contribution in [-0.2, 0) is 33.9 Å². The molecule has 1 amide bonds. The Morgan fingerprint density at radius 2 is 1.79 bits per heavy atom. The summed E-state index contributed by atoms with van der Waals surface area (Å²) in [5, 5.41) is 34.7. The number of alkyl carbamates (subject to hydrolysis) is 1. The van der Waals surface area contributed by atoms with E-state index < -0.39 is 46.7 Å². The fourth-order valence-corrected chi connectivity index (χ4v) is 5.52. The number of aliphatic carboxylic acids is 1. The maximum absolute atomic E-state index is 13.0. The molecule has 1 aliphatic rings. The predicted octanol–water partition coefficient (Wildman–Crippen LogP) is 5.15. The number of fused-ring (bicyclic) bond motifs is 3. The fraction of sp³-hybridized carbons (Fsp3) is 0.355. The number of carboxylic acids is 1. The van der Waals surface area contributed by atoms with Crippen LogP contribution < -0.4 is 10.1 Å². The van der Waals surface area contributed by atoms with Gasteiger partial charge in [0.2, 0.25) is 0 Å². The van der Waals surface area contributed by atoms with Crippen molar-refractivity contribution in [2.45, 2.75) is 52.4 Å². The molecule has 1 aliphatic carbocycles. The minimum absolute atomic E-state index is 0.0210. The summed E-state index contributed by atoms with van der Waals surface area (Å²) in [7, 11) is 1.38. The number of aliphatic hydroxyl groups is 1. The van der Waals surface area contributed by atoms with Crippen LogP contribution in [0, 0.1) is 15.5 Å². The number of methoxy groups -OCH3 is 1. The van der Waals surface area contributed by atoms with E-state index in [4.69, 9.17) is 14.2 Å². The molecule has 42 heavy (non-hydrogen) atoms. The number of ether oxygens (including phenoxy) is 3. The van der Waals surface area contributed by atoms with Crippen molar-refractivity contribution < 1.29 is 38.9 Å². The molecule has 2 unspecified atom stereocenters. The second kappa shape index (κ2) is 12.6. The van der Waals surface area contributed by atoms with Crippen molar-refractivity contribution in [1.29, 1.82) is 0 Å². The molecule has 0 saturated carbocycles. The number of benzene rings is 3. The third-order valence-corrected chi connectivity index (χ3v) is 7.36. The normalized spacial score (nSPS) is 13.5. The van der Waals surface area contributed by atoms with Crippen molar-refractivity contribution >= 4 is 17.7 Å². The Hall–Kier alpha value is -4.48. The number of hydrogen-bond donors (Lipinski definition) is 3. The molecule has 0 saturated heterocycles. The summed E-state index contributed by atoms with van der Waals surface area (Å²) in [6.45, 7) is 4.30.